The zero-order valence-electron chi connectivity index (χ0n) is 29.5. The molecule has 1 aliphatic carbocycles. The molecule has 0 saturated heterocycles. The molecule has 3 amide bonds. The van der Waals surface area contributed by atoms with Gasteiger partial charge >= 0.3 is 14.0 Å². The summed E-state index contributed by atoms with van der Waals surface area (Å²) >= 11 is 0. The van der Waals surface area contributed by atoms with Crippen LogP contribution in [0.5, 0.6) is 0 Å². The number of fused-ring (bicyclic) bond motifs is 1. The molecule has 51 heavy (non-hydrogen) atoms. The van der Waals surface area contributed by atoms with Gasteiger partial charge in [0.15, 0.2) is 0 Å². The molecular weight excluding hydrogens is 695 g/mol. The van der Waals surface area contributed by atoms with E-state index in [4.69, 9.17) is 19.3 Å². The second kappa shape index (κ2) is 15.5. The smallest absolute Gasteiger partial charge is 0.369 e. The minimum absolute atomic E-state index is 0.0253. The third kappa shape index (κ3) is 11.4. The number of nitrogens with one attached hydrogen (secondary N) is 1. The zero-order valence-corrected chi connectivity index (χ0v) is 30.4. The number of halogens is 4. The molecule has 3 N–H and O–H groups in total. The van der Waals surface area contributed by atoms with E-state index in [0.717, 1.165) is 23.8 Å². The van der Waals surface area contributed by atoms with Gasteiger partial charge in [0.1, 0.15) is 12.5 Å². The molecule has 1 heterocycles. The molecule has 3 atom stereocenters. The third-order valence-electron chi connectivity index (χ3n) is 7.92. The van der Waals surface area contributed by atoms with Crippen LogP contribution in [0, 0.1) is 23.6 Å². The Morgan fingerprint density at radius 1 is 0.980 bits per heavy atom. The Morgan fingerprint density at radius 2 is 1.59 bits per heavy atom. The number of carbonyl (C=O) groups is 3. The topological polar surface area (TPSA) is 150 Å². The van der Waals surface area contributed by atoms with Crippen molar-refractivity contribution in [2.45, 2.75) is 97.2 Å². The van der Waals surface area contributed by atoms with Crippen molar-refractivity contribution in [1.29, 1.82) is 0 Å². The van der Waals surface area contributed by atoms with Crippen LogP contribution in [0.3, 0.4) is 0 Å². The number of alkyl halides is 3. The maximum Gasteiger partial charge on any atom is 0.477 e. The van der Waals surface area contributed by atoms with Crippen molar-refractivity contribution >= 4 is 36.9 Å². The van der Waals surface area contributed by atoms with Crippen LogP contribution in [0.2, 0.25) is 0 Å². The van der Waals surface area contributed by atoms with Gasteiger partial charge in [0, 0.05) is 29.4 Å². The summed E-state index contributed by atoms with van der Waals surface area (Å²) in [5, 5.41) is 2.43. The van der Waals surface area contributed by atoms with E-state index < -0.39 is 86.3 Å². The first-order valence-electron chi connectivity index (χ1n) is 16.6. The minimum Gasteiger partial charge on any atom is -0.369 e. The lowest BCUT2D eigenvalue weighted by Gasteiger charge is -2.33. The van der Waals surface area contributed by atoms with E-state index in [0.29, 0.717) is 5.56 Å². The molecule has 2 aromatic rings. The molecule has 0 bridgehead atoms. The average molecular weight is 741 g/mol. The quantitative estimate of drug-likeness (QED) is 0.156. The number of phosphoric acid groups is 1. The first-order valence-corrected chi connectivity index (χ1v) is 18.1. The highest BCUT2D eigenvalue weighted by Gasteiger charge is 2.44. The number of nitrogens with zero attached hydrogens (tertiary/aromatic N) is 2. The number of primary amides is 1. The SMILES string of the molecule is CC(C)(C)OP(=O)(OCN1C(=O)[C@@H](NC(=O)[C@H](CCC(F)(F)F)[C@H](CC2CC2)C(N)=O)N=C(c2ccccc2)c2cccc(F)c21)OC(C)(C)C. The van der Waals surface area contributed by atoms with Crippen LogP contribution < -0.4 is 16.0 Å². The van der Waals surface area contributed by atoms with Gasteiger partial charge < -0.3 is 11.1 Å². The van der Waals surface area contributed by atoms with Gasteiger partial charge in [-0.3, -0.25) is 32.9 Å². The monoisotopic (exact) mass is 740 g/mol. The van der Waals surface area contributed by atoms with Crippen molar-refractivity contribution in [3.8, 4) is 0 Å². The van der Waals surface area contributed by atoms with E-state index in [9.17, 15) is 32.1 Å². The Balaban J connectivity index is 1.80. The molecule has 0 unspecified atom stereocenters. The van der Waals surface area contributed by atoms with Gasteiger partial charge in [-0.2, -0.15) is 13.2 Å². The van der Waals surface area contributed by atoms with Crippen LogP contribution in [0.15, 0.2) is 53.5 Å². The van der Waals surface area contributed by atoms with Crippen LogP contribution in [-0.4, -0.2) is 53.7 Å². The molecule has 2 aromatic carbocycles. The van der Waals surface area contributed by atoms with E-state index in [1.165, 1.54) is 12.1 Å². The lowest BCUT2D eigenvalue weighted by atomic mass is 9.83. The molecule has 4 rings (SSSR count). The van der Waals surface area contributed by atoms with Gasteiger partial charge in [-0.25, -0.2) is 13.9 Å². The Morgan fingerprint density at radius 3 is 2.12 bits per heavy atom. The fourth-order valence-corrected chi connectivity index (χ4v) is 7.42. The van der Waals surface area contributed by atoms with Crippen molar-refractivity contribution < 1.29 is 50.1 Å². The molecule has 1 fully saturated rings. The lowest BCUT2D eigenvalue weighted by Crippen LogP contribution is -2.51. The van der Waals surface area contributed by atoms with Gasteiger partial charge in [0.25, 0.3) is 5.91 Å². The lowest BCUT2D eigenvalue weighted by molar-refractivity contribution is -0.146. The summed E-state index contributed by atoms with van der Waals surface area (Å²) in [4.78, 5) is 46.2. The second-order valence-electron chi connectivity index (χ2n) is 14.7. The van der Waals surface area contributed by atoms with E-state index >= 15 is 4.39 Å². The predicted octanol–water partition coefficient (Wildman–Crippen LogP) is 7.02. The average Bonchev–Trinajstić information content (AvgIpc) is 3.82. The number of amides is 3. The Kier molecular flexibility index (Phi) is 12.2. The molecule has 16 heteroatoms. The minimum atomic E-state index is -4.65. The summed E-state index contributed by atoms with van der Waals surface area (Å²) in [6, 6.07) is 12.3. The number of rotatable bonds is 14. The van der Waals surface area contributed by atoms with E-state index in [1.807, 2.05) is 0 Å². The standard InChI is InChI=1S/C35H45F4N4O7P/c1-33(2,3)49-51(47,50-34(4,5)6)48-20-43-28-24(13-10-14-26(28)36)27(22-11-8-7-9-12-22)41-30(32(43)46)42-31(45)23(17-18-35(37,38)39)25(29(40)44)19-21-15-16-21/h7-14,21,23,25,30H,15-20H2,1-6H3,(H2,40,44)(H,42,45)/t23-,25+,30-/m1/s1. The fraction of sp³-hybridized carbons (Fsp3) is 0.543. The molecule has 1 saturated carbocycles. The van der Waals surface area contributed by atoms with Crippen molar-refractivity contribution in [3.63, 3.8) is 0 Å². The Hall–Kier alpha value is -3.65. The van der Waals surface area contributed by atoms with Gasteiger partial charge in [0.05, 0.1) is 22.6 Å². The number of phosphoric ester groups is 1. The normalized spacial score (nSPS) is 18.4. The molecule has 0 spiro atoms. The van der Waals surface area contributed by atoms with Crippen molar-refractivity contribution in [1.82, 2.24) is 5.32 Å². The number of benzodiazepines with no additional fused rings is 1. The number of carbonyl (C=O) groups excluding carboxylic acids is 3. The van der Waals surface area contributed by atoms with Gasteiger partial charge in [-0.1, -0.05) is 55.3 Å². The summed E-state index contributed by atoms with van der Waals surface area (Å²) in [6.07, 6.45) is -7.08. The Bertz CT molecular complexity index is 1650. The van der Waals surface area contributed by atoms with Crippen LogP contribution in [0.4, 0.5) is 23.2 Å². The first kappa shape index (κ1) is 40.1. The highest BCUT2D eigenvalue weighted by Crippen LogP contribution is 2.55. The Labute approximate surface area is 294 Å². The maximum absolute atomic E-state index is 15.9. The number of aliphatic imine (C=N–C) groups is 1. The number of para-hydroxylation sites is 1. The molecular formula is C35H45F4N4O7P. The molecule has 280 valence electrons. The number of hydrogen-bond donors (Lipinski definition) is 2. The molecule has 0 radical (unpaired) electrons. The summed E-state index contributed by atoms with van der Waals surface area (Å²) in [5.41, 5.74) is 3.73. The number of anilines is 1. The molecule has 11 nitrogen and oxygen atoms in total. The molecule has 0 aromatic heterocycles. The fourth-order valence-electron chi connectivity index (χ4n) is 5.68. The highest BCUT2D eigenvalue weighted by atomic mass is 31.2. The van der Waals surface area contributed by atoms with E-state index in [1.54, 1.807) is 71.9 Å². The second-order valence-corrected chi connectivity index (χ2v) is 16.2. The van der Waals surface area contributed by atoms with Gasteiger partial charge in [-0.15, -0.1) is 0 Å². The number of benzene rings is 2. The number of hydrogen-bond acceptors (Lipinski definition) is 8. The number of nitrogens with two attached hydrogens (primary N) is 1. The zero-order chi connectivity index (χ0) is 37.9. The van der Waals surface area contributed by atoms with Crippen molar-refractivity contribution in [2.75, 3.05) is 11.6 Å². The van der Waals surface area contributed by atoms with Crippen LogP contribution in [0.1, 0.15) is 84.8 Å². The first-order chi connectivity index (χ1) is 23.6. The van der Waals surface area contributed by atoms with Crippen LogP contribution in [-0.2, 0) is 32.5 Å². The van der Waals surface area contributed by atoms with Gasteiger partial charge in [-0.05, 0) is 66.4 Å². The summed E-state index contributed by atoms with van der Waals surface area (Å²) in [7, 11) is -4.49. The molecule has 2 aliphatic rings. The highest BCUT2D eigenvalue weighted by molar-refractivity contribution is 7.48. The summed E-state index contributed by atoms with van der Waals surface area (Å²) < 4.78 is 87.2. The summed E-state index contributed by atoms with van der Waals surface area (Å²) in [6.45, 7) is 8.70. The summed E-state index contributed by atoms with van der Waals surface area (Å²) in [5.74, 6) is -6.76. The van der Waals surface area contributed by atoms with Crippen LogP contribution >= 0.6 is 7.82 Å². The largest absolute Gasteiger partial charge is 0.477 e. The van der Waals surface area contributed by atoms with Gasteiger partial charge in [0.2, 0.25) is 18.0 Å². The third-order valence-corrected chi connectivity index (χ3v) is 9.90. The van der Waals surface area contributed by atoms with Crippen molar-refractivity contribution in [3.05, 3.63) is 65.5 Å². The van der Waals surface area contributed by atoms with E-state index in [2.05, 4.69) is 10.3 Å². The molecule has 1 aliphatic heterocycles. The maximum atomic E-state index is 15.9. The van der Waals surface area contributed by atoms with E-state index in [-0.39, 0.29) is 29.3 Å². The van der Waals surface area contributed by atoms with Crippen LogP contribution in [0.25, 0.3) is 0 Å². The van der Waals surface area contributed by atoms with Crippen molar-refractivity contribution in [2.24, 2.45) is 28.5 Å². The predicted molar refractivity (Wildman–Crippen MR) is 182 cm³/mol.